The smallest absolute Gasteiger partial charge is 0.162 e. The summed E-state index contributed by atoms with van der Waals surface area (Å²) in [6.07, 6.45) is 7.91. The van der Waals surface area contributed by atoms with Gasteiger partial charge in [0.15, 0.2) is 11.5 Å². The Hall–Kier alpha value is -1.26. The summed E-state index contributed by atoms with van der Waals surface area (Å²) in [5.74, 6) is 4.28. The summed E-state index contributed by atoms with van der Waals surface area (Å²) in [5.41, 5.74) is 7.11. The number of nitrogens with one attached hydrogen (secondary N) is 1. The first-order chi connectivity index (χ1) is 11.7. The SMILES string of the molecule is CNC(CN)c1ccc(OC)c(OC23CCC(C2)C2CCCC23)c1. The Balaban J connectivity index is 1.65. The third-order valence-electron chi connectivity index (χ3n) is 6.88. The van der Waals surface area contributed by atoms with E-state index >= 15 is 0 Å². The van der Waals surface area contributed by atoms with E-state index in [1.165, 1.54) is 44.1 Å². The zero-order chi connectivity index (χ0) is 16.7. The van der Waals surface area contributed by atoms with Gasteiger partial charge in [-0.05, 0) is 68.7 Å². The molecule has 5 unspecified atom stereocenters. The lowest BCUT2D eigenvalue weighted by molar-refractivity contribution is 0.0163. The first kappa shape index (κ1) is 16.2. The Bertz CT molecular complexity index is 601. The highest BCUT2D eigenvalue weighted by Crippen LogP contribution is 2.62. The first-order valence-corrected chi connectivity index (χ1v) is 9.45. The molecular formula is C20H30N2O2. The van der Waals surface area contributed by atoms with Crippen LogP contribution in [0, 0.1) is 17.8 Å². The fourth-order valence-corrected chi connectivity index (χ4v) is 5.78. The molecule has 3 saturated carbocycles. The molecule has 3 N–H and O–H groups in total. The van der Waals surface area contributed by atoms with E-state index in [1.807, 2.05) is 13.1 Å². The molecule has 1 aromatic carbocycles. The van der Waals surface area contributed by atoms with Gasteiger partial charge in [-0.1, -0.05) is 12.5 Å². The maximum Gasteiger partial charge on any atom is 0.162 e. The Morgan fingerprint density at radius 1 is 1.29 bits per heavy atom. The van der Waals surface area contributed by atoms with Gasteiger partial charge in [-0.3, -0.25) is 0 Å². The van der Waals surface area contributed by atoms with E-state index in [2.05, 4.69) is 17.4 Å². The van der Waals surface area contributed by atoms with Crippen molar-refractivity contribution in [2.75, 3.05) is 20.7 Å². The maximum absolute atomic E-state index is 6.78. The molecular weight excluding hydrogens is 300 g/mol. The van der Waals surface area contributed by atoms with Crippen LogP contribution < -0.4 is 20.5 Å². The molecule has 4 heteroatoms. The van der Waals surface area contributed by atoms with Crippen LogP contribution in [-0.2, 0) is 0 Å². The lowest BCUT2D eigenvalue weighted by Crippen LogP contribution is -2.40. The van der Waals surface area contributed by atoms with E-state index in [0.29, 0.717) is 6.54 Å². The molecule has 3 aliphatic carbocycles. The van der Waals surface area contributed by atoms with Crippen LogP contribution in [0.15, 0.2) is 18.2 Å². The van der Waals surface area contributed by atoms with Gasteiger partial charge in [0.25, 0.3) is 0 Å². The highest BCUT2D eigenvalue weighted by atomic mass is 16.5. The number of likely N-dealkylation sites (N-methyl/N-ethyl adjacent to an activating group) is 1. The third kappa shape index (κ3) is 2.42. The molecule has 4 rings (SSSR count). The Kier molecular flexibility index (Phi) is 4.21. The monoisotopic (exact) mass is 330 g/mol. The van der Waals surface area contributed by atoms with Crippen molar-refractivity contribution in [2.45, 2.75) is 50.2 Å². The van der Waals surface area contributed by atoms with Crippen molar-refractivity contribution in [3.05, 3.63) is 23.8 Å². The van der Waals surface area contributed by atoms with Gasteiger partial charge in [-0.2, -0.15) is 0 Å². The van der Waals surface area contributed by atoms with Gasteiger partial charge in [0.2, 0.25) is 0 Å². The number of rotatable bonds is 6. The van der Waals surface area contributed by atoms with Crippen molar-refractivity contribution in [1.29, 1.82) is 0 Å². The summed E-state index contributed by atoms with van der Waals surface area (Å²) in [6, 6.07) is 6.39. The van der Waals surface area contributed by atoms with Crippen molar-refractivity contribution >= 4 is 0 Å². The summed E-state index contributed by atoms with van der Waals surface area (Å²) < 4.78 is 12.4. The largest absolute Gasteiger partial charge is 0.493 e. The van der Waals surface area contributed by atoms with Crippen molar-refractivity contribution in [3.8, 4) is 11.5 Å². The minimum absolute atomic E-state index is 0.0512. The zero-order valence-corrected chi connectivity index (χ0v) is 14.9. The summed E-state index contributed by atoms with van der Waals surface area (Å²) in [4.78, 5) is 0. The average molecular weight is 330 g/mol. The molecule has 0 saturated heterocycles. The first-order valence-electron chi connectivity index (χ1n) is 9.45. The Labute approximate surface area is 145 Å². The molecule has 3 fully saturated rings. The number of hydrogen-bond acceptors (Lipinski definition) is 4. The Morgan fingerprint density at radius 3 is 2.92 bits per heavy atom. The van der Waals surface area contributed by atoms with E-state index in [9.17, 15) is 0 Å². The number of hydrogen-bond donors (Lipinski definition) is 2. The van der Waals surface area contributed by atoms with Gasteiger partial charge in [-0.15, -0.1) is 0 Å². The molecule has 3 aliphatic rings. The number of ether oxygens (including phenoxy) is 2. The molecule has 0 amide bonds. The Morgan fingerprint density at radius 2 is 2.17 bits per heavy atom. The minimum Gasteiger partial charge on any atom is -0.493 e. The van der Waals surface area contributed by atoms with E-state index in [0.717, 1.165) is 29.3 Å². The van der Waals surface area contributed by atoms with Crippen LogP contribution in [0.5, 0.6) is 11.5 Å². The second-order valence-electron chi connectivity index (χ2n) is 7.86. The molecule has 0 spiro atoms. The molecule has 0 aromatic heterocycles. The highest BCUT2D eigenvalue weighted by molar-refractivity contribution is 5.44. The highest BCUT2D eigenvalue weighted by Gasteiger charge is 2.60. The number of methoxy groups -OCH3 is 1. The molecule has 0 radical (unpaired) electrons. The lowest BCUT2D eigenvalue weighted by atomic mass is 9.79. The molecule has 0 heterocycles. The van der Waals surface area contributed by atoms with Crippen LogP contribution in [0.1, 0.15) is 50.1 Å². The van der Waals surface area contributed by atoms with Crippen LogP contribution in [0.4, 0.5) is 0 Å². The van der Waals surface area contributed by atoms with Crippen molar-refractivity contribution in [1.82, 2.24) is 5.32 Å². The average Bonchev–Trinajstić information content (AvgIpc) is 3.29. The van der Waals surface area contributed by atoms with Gasteiger partial charge >= 0.3 is 0 Å². The molecule has 4 nitrogen and oxygen atoms in total. The summed E-state index contributed by atoms with van der Waals surface area (Å²) in [5, 5.41) is 3.27. The summed E-state index contributed by atoms with van der Waals surface area (Å²) >= 11 is 0. The summed E-state index contributed by atoms with van der Waals surface area (Å²) in [7, 11) is 3.67. The quantitative estimate of drug-likeness (QED) is 0.840. The lowest BCUT2D eigenvalue weighted by Gasteiger charge is -2.37. The predicted octanol–water partition coefficient (Wildman–Crippen LogP) is 3.26. The fraction of sp³-hybridized carbons (Fsp3) is 0.700. The topological polar surface area (TPSA) is 56.5 Å². The van der Waals surface area contributed by atoms with Crippen LogP contribution >= 0.6 is 0 Å². The normalized spacial score (nSPS) is 35.0. The van der Waals surface area contributed by atoms with E-state index < -0.39 is 0 Å². The molecule has 1 aromatic rings. The second kappa shape index (κ2) is 6.23. The molecule has 2 bridgehead atoms. The minimum atomic E-state index is 0.0512. The number of nitrogens with two attached hydrogens (primary N) is 1. The number of fused-ring (bicyclic) bond motifs is 5. The molecule has 132 valence electrons. The van der Waals surface area contributed by atoms with Crippen LogP contribution in [0.3, 0.4) is 0 Å². The standard InChI is InChI=1S/C20H30N2O2/c1-22-17(12-21)13-6-7-18(23-2)19(10-13)24-20-9-8-14(11-20)15-4-3-5-16(15)20/h6-7,10,14-17,22H,3-5,8-9,11-12,21H2,1-2H3. The van der Waals surface area contributed by atoms with Crippen molar-refractivity contribution in [3.63, 3.8) is 0 Å². The van der Waals surface area contributed by atoms with E-state index in [4.69, 9.17) is 15.2 Å². The van der Waals surface area contributed by atoms with Crippen molar-refractivity contribution < 1.29 is 9.47 Å². The fourth-order valence-electron chi connectivity index (χ4n) is 5.78. The van der Waals surface area contributed by atoms with Gasteiger partial charge in [0.1, 0.15) is 5.60 Å². The van der Waals surface area contributed by atoms with Crippen LogP contribution in [0.2, 0.25) is 0 Å². The maximum atomic E-state index is 6.78. The molecule has 0 aliphatic heterocycles. The third-order valence-corrected chi connectivity index (χ3v) is 6.88. The van der Waals surface area contributed by atoms with Gasteiger partial charge in [0.05, 0.1) is 7.11 Å². The van der Waals surface area contributed by atoms with Gasteiger partial charge in [-0.25, -0.2) is 0 Å². The molecule has 5 atom stereocenters. The predicted molar refractivity (Wildman–Crippen MR) is 95.4 cm³/mol. The number of benzene rings is 1. The van der Waals surface area contributed by atoms with Crippen LogP contribution in [-0.4, -0.2) is 26.3 Å². The zero-order valence-electron chi connectivity index (χ0n) is 14.9. The van der Waals surface area contributed by atoms with E-state index in [-0.39, 0.29) is 11.6 Å². The van der Waals surface area contributed by atoms with E-state index in [1.54, 1.807) is 7.11 Å². The van der Waals surface area contributed by atoms with Crippen molar-refractivity contribution in [2.24, 2.45) is 23.5 Å². The van der Waals surface area contributed by atoms with Gasteiger partial charge < -0.3 is 20.5 Å². The second-order valence-corrected chi connectivity index (χ2v) is 7.86. The molecule has 24 heavy (non-hydrogen) atoms. The van der Waals surface area contributed by atoms with Gasteiger partial charge in [0, 0.05) is 18.5 Å². The summed E-state index contributed by atoms with van der Waals surface area (Å²) in [6.45, 7) is 0.570. The van der Waals surface area contributed by atoms with Crippen LogP contribution in [0.25, 0.3) is 0 Å².